The van der Waals surface area contributed by atoms with E-state index in [2.05, 4.69) is 13.8 Å². The number of thiophene rings is 1. The van der Waals surface area contributed by atoms with Crippen molar-refractivity contribution in [2.75, 3.05) is 5.75 Å². The molecule has 0 aliphatic carbocycles. The molecule has 3 heterocycles. The first kappa shape index (κ1) is 19.5. The van der Waals surface area contributed by atoms with Gasteiger partial charge < -0.3 is 5.11 Å². The summed E-state index contributed by atoms with van der Waals surface area (Å²) < 4.78 is 1.69. The molecular formula is C20H20N2O3S3. The first-order valence-corrected chi connectivity index (χ1v) is 11.8. The van der Waals surface area contributed by atoms with E-state index in [9.17, 15) is 9.59 Å². The third-order valence-corrected chi connectivity index (χ3v) is 8.86. The Kier molecular flexibility index (Phi) is 5.28. The molecule has 146 valence electrons. The number of carboxylic acids is 1. The Morgan fingerprint density at radius 2 is 2.11 bits per heavy atom. The number of carbonyl (C=O) groups is 1. The Morgan fingerprint density at radius 1 is 1.36 bits per heavy atom. The molecule has 0 saturated carbocycles. The first-order valence-electron chi connectivity index (χ1n) is 9.03. The van der Waals surface area contributed by atoms with E-state index < -0.39 is 5.97 Å². The number of nitrogens with zero attached hydrogens (tertiary/aromatic N) is 2. The van der Waals surface area contributed by atoms with E-state index in [-0.39, 0.29) is 16.1 Å². The maximum atomic E-state index is 13.6. The summed E-state index contributed by atoms with van der Waals surface area (Å²) in [7, 11) is 0. The van der Waals surface area contributed by atoms with E-state index in [0.29, 0.717) is 16.2 Å². The topological polar surface area (TPSA) is 72.2 Å². The zero-order chi connectivity index (χ0) is 19.9. The molecule has 28 heavy (non-hydrogen) atoms. The molecule has 3 aromatic rings. The van der Waals surface area contributed by atoms with Crippen LogP contribution in [0.2, 0.25) is 0 Å². The van der Waals surface area contributed by atoms with Gasteiger partial charge in [0.05, 0.1) is 16.8 Å². The molecule has 1 atom stereocenters. The van der Waals surface area contributed by atoms with Crippen LogP contribution in [0.25, 0.3) is 15.9 Å². The maximum Gasteiger partial charge on any atom is 0.313 e. The molecule has 1 aliphatic rings. The molecule has 0 spiro atoms. The number of aromatic nitrogens is 2. The Labute approximate surface area is 175 Å². The molecule has 0 saturated heterocycles. The zero-order valence-electron chi connectivity index (χ0n) is 15.6. The van der Waals surface area contributed by atoms with E-state index >= 15 is 0 Å². The molecule has 5 nitrogen and oxygen atoms in total. The lowest BCUT2D eigenvalue weighted by molar-refractivity contribution is -0.133. The second-order valence-electron chi connectivity index (χ2n) is 7.01. The Morgan fingerprint density at radius 3 is 2.79 bits per heavy atom. The first-order chi connectivity index (χ1) is 13.4. The van der Waals surface area contributed by atoms with Crippen molar-refractivity contribution in [2.24, 2.45) is 0 Å². The number of hydrogen-bond acceptors (Lipinski definition) is 6. The average Bonchev–Trinajstić information content (AvgIpc) is 3.04. The lowest BCUT2D eigenvalue weighted by Crippen LogP contribution is -2.28. The molecule has 0 fully saturated rings. The molecular weight excluding hydrogens is 412 g/mol. The normalized spacial score (nSPS) is 18.9. The summed E-state index contributed by atoms with van der Waals surface area (Å²) in [5.74, 6) is -0.178. The third-order valence-electron chi connectivity index (χ3n) is 5.07. The lowest BCUT2D eigenvalue weighted by Gasteiger charge is -2.31. The standard InChI is InChI=1S/C20H20N2O3S3/c1-3-20(2)9-13-14(10-27-20)28-17-16(13)18(25)22(12-7-5-4-6-8-12)19(21-17)26-11-15(23)24/h4-8H,3,9-11H2,1-2H3,(H,23,24)/t20-/m0/s1. The van der Waals surface area contributed by atoms with Crippen molar-refractivity contribution < 1.29 is 9.90 Å². The smallest absolute Gasteiger partial charge is 0.313 e. The average molecular weight is 433 g/mol. The van der Waals surface area contributed by atoms with E-state index in [1.165, 1.54) is 4.88 Å². The summed E-state index contributed by atoms with van der Waals surface area (Å²) in [6, 6.07) is 9.33. The van der Waals surface area contributed by atoms with Crippen LogP contribution in [0.15, 0.2) is 40.3 Å². The third kappa shape index (κ3) is 3.49. The lowest BCUT2D eigenvalue weighted by atomic mass is 9.96. The van der Waals surface area contributed by atoms with Gasteiger partial charge in [0.15, 0.2) is 5.16 Å². The summed E-state index contributed by atoms with van der Waals surface area (Å²) in [6.45, 7) is 4.44. The minimum absolute atomic E-state index is 0.105. The number of benzene rings is 1. The van der Waals surface area contributed by atoms with Crippen molar-refractivity contribution >= 4 is 51.0 Å². The predicted molar refractivity (Wildman–Crippen MR) is 117 cm³/mol. The zero-order valence-corrected chi connectivity index (χ0v) is 18.0. The molecule has 1 aliphatic heterocycles. The molecule has 2 aromatic heterocycles. The molecule has 8 heteroatoms. The van der Waals surface area contributed by atoms with Gasteiger partial charge in [-0.05, 0) is 30.5 Å². The van der Waals surface area contributed by atoms with Crippen molar-refractivity contribution in [3.05, 3.63) is 51.1 Å². The van der Waals surface area contributed by atoms with E-state index in [1.807, 2.05) is 42.1 Å². The van der Waals surface area contributed by atoms with Crippen molar-refractivity contribution in [2.45, 2.75) is 42.3 Å². The largest absolute Gasteiger partial charge is 0.481 e. The molecule has 1 N–H and O–H groups in total. The van der Waals surface area contributed by atoms with Crippen LogP contribution in [0.3, 0.4) is 0 Å². The van der Waals surface area contributed by atoms with Gasteiger partial charge in [-0.25, -0.2) is 4.98 Å². The predicted octanol–water partition coefficient (Wildman–Crippen LogP) is 4.58. The summed E-state index contributed by atoms with van der Waals surface area (Å²) in [5, 5.41) is 10.2. The fraction of sp³-hybridized carbons (Fsp3) is 0.350. The second-order valence-corrected chi connectivity index (χ2v) is 10.6. The number of rotatable bonds is 5. The molecule has 0 amide bonds. The van der Waals surface area contributed by atoms with Crippen LogP contribution in [-0.4, -0.2) is 31.1 Å². The van der Waals surface area contributed by atoms with Gasteiger partial charge in [-0.2, -0.15) is 0 Å². The highest BCUT2D eigenvalue weighted by molar-refractivity contribution is 8.00. The van der Waals surface area contributed by atoms with Gasteiger partial charge in [0.1, 0.15) is 4.83 Å². The number of fused-ring (bicyclic) bond motifs is 3. The quantitative estimate of drug-likeness (QED) is 0.470. The van der Waals surface area contributed by atoms with Crippen LogP contribution in [-0.2, 0) is 17.0 Å². The van der Waals surface area contributed by atoms with Gasteiger partial charge >= 0.3 is 5.97 Å². The number of carboxylic acid groups (broad SMARTS) is 1. The minimum Gasteiger partial charge on any atom is -0.481 e. The molecule has 1 aromatic carbocycles. The summed E-state index contributed by atoms with van der Waals surface area (Å²) in [5.41, 5.74) is 1.73. The van der Waals surface area contributed by atoms with Crippen LogP contribution >= 0.6 is 34.9 Å². The summed E-state index contributed by atoms with van der Waals surface area (Å²) in [4.78, 5) is 31.4. The monoisotopic (exact) mass is 432 g/mol. The highest BCUT2D eigenvalue weighted by atomic mass is 32.2. The summed E-state index contributed by atoms with van der Waals surface area (Å²) in [6.07, 6.45) is 1.90. The fourth-order valence-electron chi connectivity index (χ4n) is 3.36. The molecule has 0 unspecified atom stereocenters. The summed E-state index contributed by atoms with van der Waals surface area (Å²) >= 11 is 4.59. The van der Waals surface area contributed by atoms with Gasteiger partial charge in [-0.1, -0.05) is 43.8 Å². The Balaban J connectivity index is 1.95. The minimum atomic E-state index is -0.931. The van der Waals surface area contributed by atoms with Gasteiger partial charge in [-0.15, -0.1) is 23.1 Å². The van der Waals surface area contributed by atoms with E-state index in [4.69, 9.17) is 10.1 Å². The van der Waals surface area contributed by atoms with Crippen molar-refractivity contribution in [1.29, 1.82) is 0 Å². The van der Waals surface area contributed by atoms with Gasteiger partial charge in [-0.3, -0.25) is 14.2 Å². The Bertz CT molecular complexity index is 1110. The number of hydrogen-bond donors (Lipinski definition) is 1. The van der Waals surface area contributed by atoms with E-state index in [0.717, 1.165) is 40.8 Å². The van der Waals surface area contributed by atoms with Crippen LogP contribution in [0, 0.1) is 0 Å². The van der Waals surface area contributed by atoms with Gasteiger partial charge in [0.2, 0.25) is 0 Å². The number of thioether (sulfide) groups is 2. The van der Waals surface area contributed by atoms with Crippen molar-refractivity contribution in [3.63, 3.8) is 0 Å². The highest BCUT2D eigenvalue weighted by Crippen LogP contribution is 2.45. The van der Waals surface area contributed by atoms with Crippen molar-refractivity contribution in [1.82, 2.24) is 9.55 Å². The molecule has 0 radical (unpaired) electrons. The molecule has 0 bridgehead atoms. The second kappa shape index (κ2) is 7.57. The van der Waals surface area contributed by atoms with Crippen LogP contribution < -0.4 is 5.56 Å². The van der Waals surface area contributed by atoms with Crippen LogP contribution in [0.5, 0.6) is 0 Å². The van der Waals surface area contributed by atoms with Crippen LogP contribution in [0.1, 0.15) is 30.7 Å². The fourth-order valence-corrected chi connectivity index (χ4v) is 6.63. The van der Waals surface area contributed by atoms with Gasteiger partial charge in [0, 0.05) is 15.4 Å². The SMILES string of the molecule is CC[C@@]1(C)Cc2c(sc3nc(SCC(=O)O)n(-c4ccccc4)c(=O)c23)CS1. The molecule has 4 rings (SSSR count). The van der Waals surface area contributed by atoms with Crippen LogP contribution in [0.4, 0.5) is 0 Å². The van der Waals surface area contributed by atoms with E-state index in [1.54, 1.807) is 15.9 Å². The highest BCUT2D eigenvalue weighted by Gasteiger charge is 2.33. The number of aliphatic carboxylic acids is 1. The maximum absolute atomic E-state index is 13.6. The van der Waals surface area contributed by atoms with Gasteiger partial charge in [0.25, 0.3) is 5.56 Å². The number of para-hydroxylation sites is 1. The Hall–Kier alpha value is -1.77. The van der Waals surface area contributed by atoms with Crippen molar-refractivity contribution in [3.8, 4) is 5.69 Å².